The van der Waals surface area contributed by atoms with Gasteiger partial charge in [0.25, 0.3) is 0 Å². The molecule has 112 valence electrons. The van der Waals surface area contributed by atoms with Crippen molar-refractivity contribution in [2.45, 2.75) is 12.8 Å². The van der Waals surface area contributed by atoms with Crippen molar-refractivity contribution in [1.29, 1.82) is 0 Å². The van der Waals surface area contributed by atoms with Gasteiger partial charge in [0.05, 0.1) is 5.69 Å². The lowest BCUT2D eigenvalue weighted by Crippen LogP contribution is -2.20. The van der Waals surface area contributed by atoms with Gasteiger partial charge in [-0.15, -0.1) is 0 Å². The van der Waals surface area contributed by atoms with Crippen LogP contribution >= 0.6 is 11.6 Å². The first-order valence-electron chi connectivity index (χ1n) is 6.86. The van der Waals surface area contributed by atoms with E-state index in [1.54, 1.807) is 18.3 Å². The molecule has 0 aliphatic rings. The lowest BCUT2D eigenvalue weighted by Gasteiger charge is -2.23. The molecule has 3 nitrogen and oxygen atoms in total. The Balaban J connectivity index is 2.33. The summed E-state index contributed by atoms with van der Waals surface area (Å²) in [6.45, 7) is 0.944. The first-order chi connectivity index (χ1) is 10.1. The maximum Gasteiger partial charge on any atom is 0.152 e. The predicted octanol–water partition coefficient (Wildman–Crippen LogP) is 3.75. The molecule has 2 aromatic rings. The van der Waals surface area contributed by atoms with Crippen LogP contribution in [0.2, 0.25) is 5.15 Å². The number of halogens is 2. The molecule has 0 radical (unpaired) electrons. The van der Waals surface area contributed by atoms with Crippen molar-refractivity contribution in [1.82, 2.24) is 4.98 Å². The Morgan fingerprint density at radius 3 is 2.57 bits per heavy atom. The van der Waals surface area contributed by atoms with Gasteiger partial charge in [-0.3, -0.25) is 0 Å². The Labute approximate surface area is 129 Å². The zero-order valence-electron chi connectivity index (χ0n) is 11.9. The standard InChI is InChI=1S/C16H18ClFN2O/c1-20(10-2-3-11-21)15-14(8-9-19-16(15)17)12-4-6-13(18)7-5-12/h4-9,21H,2-3,10-11H2,1H3. The number of hydrogen-bond donors (Lipinski definition) is 1. The summed E-state index contributed by atoms with van der Waals surface area (Å²) in [5.74, 6) is -0.267. The van der Waals surface area contributed by atoms with Crippen LogP contribution in [0.3, 0.4) is 0 Å². The third-order valence-corrected chi connectivity index (χ3v) is 3.59. The molecule has 0 aliphatic heterocycles. The molecule has 1 heterocycles. The van der Waals surface area contributed by atoms with Gasteiger partial charge in [0, 0.05) is 32.0 Å². The molecule has 1 N–H and O–H groups in total. The Kier molecular flexibility index (Phi) is 5.53. The summed E-state index contributed by atoms with van der Waals surface area (Å²) in [6.07, 6.45) is 3.25. The minimum atomic E-state index is -0.267. The fraction of sp³-hybridized carbons (Fsp3) is 0.312. The second-order valence-corrected chi connectivity index (χ2v) is 5.22. The van der Waals surface area contributed by atoms with E-state index in [-0.39, 0.29) is 12.4 Å². The van der Waals surface area contributed by atoms with E-state index in [1.807, 2.05) is 18.0 Å². The summed E-state index contributed by atoms with van der Waals surface area (Å²) in [5, 5.41) is 9.29. The second kappa shape index (κ2) is 7.38. The highest BCUT2D eigenvalue weighted by atomic mass is 35.5. The Morgan fingerprint density at radius 1 is 1.19 bits per heavy atom. The van der Waals surface area contributed by atoms with Crippen molar-refractivity contribution in [3.63, 3.8) is 0 Å². The summed E-state index contributed by atoms with van der Waals surface area (Å²) < 4.78 is 13.1. The Morgan fingerprint density at radius 2 is 1.90 bits per heavy atom. The molecular formula is C16H18ClFN2O. The fourth-order valence-corrected chi connectivity index (χ4v) is 2.53. The van der Waals surface area contributed by atoms with Crippen molar-refractivity contribution in [2.75, 3.05) is 25.1 Å². The molecule has 0 atom stereocenters. The van der Waals surface area contributed by atoms with E-state index in [9.17, 15) is 4.39 Å². The van der Waals surface area contributed by atoms with Crippen LogP contribution in [-0.2, 0) is 0 Å². The maximum atomic E-state index is 13.1. The molecule has 2 rings (SSSR count). The van der Waals surface area contributed by atoms with Crippen molar-refractivity contribution < 1.29 is 9.50 Å². The van der Waals surface area contributed by atoms with Gasteiger partial charge in [0.2, 0.25) is 0 Å². The number of aliphatic hydroxyl groups is 1. The number of pyridine rings is 1. The molecule has 0 bridgehead atoms. The third-order valence-electron chi connectivity index (χ3n) is 3.32. The topological polar surface area (TPSA) is 36.4 Å². The predicted molar refractivity (Wildman–Crippen MR) is 84.2 cm³/mol. The monoisotopic (exact) mass is 308 g/mol. The number of anilines is 1. The number of benzene rings is 1. The van der Waals surface area contributed by atoms with Crippen molar-refractivity contribution in [3.8, 4) is 11.1 Å². The third kappa shape index (κ3) is 3.93. The van der Waals surface area contributed by atoms with E-state index in [4.69, 9.17) is 16.7 Å². The van der Waals surface area contributed by atoms with Gasteiger partial charge in [-0.05, 0) is 36.6 Å². The van der Waals surface area contributed by atoms with Crippen LogP contribution in [0.5, 0.6) is 0 Å². The molecule has 1 aromatic carbocycles. The molecule has 0 amide bonds. The highest BCUT2D eigenvalue weighted by molar-refractivity contribution is 6.32. The van der Waals surface area contributed by atoms with Crippen LogP contribution in [0.25, 0.3) is 11.1 Å². The van der Waals surface area contributed by atoms with Crippen LogP contribution < -0.4 is 4.90 Å². The average molecular weight is 309 g/mol. The van der Waals surface area contributed by atoms with E-state index in [0.29, 0.717) is 5.15 Å². The van der Waals surface area contributed by atoms with Crippen LogP contribution in [0, 0.1) is 5.82 Å². The number of aliphatic hydroxyl groups excluding tert-OH is 1. The molecule has 0 spiro atoms. The molecular weight excluding hydrogens is 291 g/mol. The lowest BCUT2D eigenvalue weighted by atomic mass is 10.0. The molecule has 0 fully saturated rings. The Hall–Kier alpha value is -1.65. The molecule has 5 heteroatoms. The number of hydrogen-bond acceptors (Lipinski definition) is 3. The number of unbranched alkanes of at least 4 members (excludes halogenated alkanes) is 1. The molecule has 0 saturated carbocycles. The van der Waals surface area contributed by atoms with Crippen molar-refractivity contribution in [2.24, 2.45) is 0 Å². The van der Waals surface area contributed by atoms with E-state index in [0.717, 1.165) is 36.2 Å². The molecule has 0 aliphatic carbocycles. The summed E-state index contributed by atoms with van der Waals surface area (Å²) >= 11 is 6.24. The van der Waals surface area contributed by atoms with Gasteiger partial charge >= 0.3 is 0 Å². The normalized spacial score (nSPS) is 10.7. The molecule has 21 heavy (non-hydrogen) atoms. The summed E-state index contributed by atoms with van der Waals surface area (Å²) in [4.78, 5) is 6.15. The lowest BCUT2D eigenvalue weighted by molar-refractivity contribution is 0.285. The van der Waals surface area contributed by atoms with E-state index >= 15 is 0 Å². The molecule has 1 aromatic heterocycles. The quantitative estimate of drug-likeness (QED) is 0.652. The van der Waals surface area contributed by atoms with Crippen LogP contribution in [0.1, 0.15) is 12.8 Å². The summed E-state index contributed by atoms with van der Waals surface area (Å²) in [5.41, 5.74) is 2.63. The van der Waals surface area contributed by atoms with Gasteiger partial charge < -0.3 is 10.0 Å². The molecule has 0 unspecified atom stereocenters. The second-order valence-electron chi connectivity index (χ2n) is 4.86. The highest BCUT2D eigenvalue weighted by Crippen LogP contribution is 2.35. The van der Waals surface area contributed by atoms with Crippen molar-refractivity contribution in [3.05, 3.63) is 47.5 Å². The summed E-state index contributed by atoms with van der Waals surface area (Å²) in [6, 6.07) is 8.19. The zero-order valence-corrected chi connectivity index (χ0v) is 12.6. The average Bonchev–Trinajstić information content (AvgIpc) is 2.48. The minimum Gasteiger partial charge on any atom is -0.396 e. The molecule has 0 saturated heterocycles. The zero-order chi connectivity index (χ0) is 15.2. The number of aromatic nitrogens is 1. The van der Waals surface area contributed by atoms with Gasteiger partial charge in [-0.1, -0.05) is 23.7 Å². The van der Waals surface area contributed by atoms with E-state index in [2.05, 4.69) is 4.98 Å². The van der Waals surface area contributed by atoms with Gasteiger partial charge in [0.15, 0.2) is 5.15 Å². The van der Waals surface area contributed by atoms with Crippen LogP contribution in [0.4, 0.5) is 10.1 Å². The Bertz CT molecular complexity index is 589. The number of nitrogens with zero attached hydrogens (tertiary/aromatic N) is 2. The van der Waals surface area contributed by atoms with Crippen LogP contribution in [0.15, 0.2) is 36.5 Å². The van der Waals surface area contributed by atoms with Gasteiger partial charge in [-0.25, -0.2) is 9.37 Å². The van der Waals surface area contributed by atoms with Gasteiger partial charge in [-0.2, -0.15) is 0 Å². The van der Waals surface area contributed by atoms with Crippen LogP contribution in [-0.4, -0.2) is 30.3 Å². The minimum absolute atomic E-state index is 0.180. The van der Waals surface area contributed by atoms with E-state index < -0.39 is 0 Å². The first kappa shape index (κ1) is 15.7. The van der Waals surface area contributed by atoms with Gasteiger partial charge in [0.1, 0.15) is 5.82 Å². The smallest absolute Gasteiger partial charge is 0.152 e. The maximum absolute atomic E-state index is 13.1. The SMILES string of the molecule is CN(CCCCO)c1c(-c2ccc(F)cc2)ccnc1Cl. The first-order valence-corrected chi connectivity index (χ1v) is 7.23. The number of rotatable bonds is 6. The summed E-state index contributed by atoms with van der Waals surface area (Å²) in [7, 11) is 1.94. The highest BCUT2D eigenvalue weighted by Gasteiger charge is 2.14. The van der Waals surface area contributed by atoms with Crippen molar-refractivity contribution >= 4 is 17.3 Å². The largest absolute Gasteiger partial charge is 0.396 e. The van der Waals surface area contributed by atoms with E-state index in [1.165, 1.54) is 12.1 Å². The fourth-order valence-electron chi connectivity index (χ4n) is 2.23.